The van der Waals surface area contributed by atoms with Gasteiger partial charge >= 0.3 is 0 Å². The first-order valence-corrected chi connectivity index (χ1v) is 4.75. The summed E-state index contributed by atoms with van der Waals surface area (Å²) in [5.41, 5.74) is 0.665. The average Bonchev–Trinajstić information content (AvgIpc) is 2.09. The molecule has 5 heteroatoms. The molecule has 0 amide bonds. The smallest absolute Gasteiger partial charge is 0.0964 e. The lowest BCUT2D eigenvalue weighted by Gasteiger charge is -1.98. The molecule has 0 unspecified atom stereocenters. The molecule has 0 spiro atoms. The van der Waals surface area contributed by atoms with Crippen molar-refractivity contribution in [2.75, 3.05) is 6.26 Å². The topological polar surface area (TPSA) is 45.5 Å². The van der Waals surface area contributed by atoms with Gasteiger partial charge in [0.2, 0.25) is 0 Å². The maximum Gasteiger partial charge on any atom is 0.0964 e. The summed E-state index contributed by atoms with van der Waals surface area (Å²) in [6.07, 6.45) is 4.73. The van der Waals surface area contributed by atoms with Crippen molar-refractivity contribution in [1.29, 1.82) is 0 Å². The van der Waals surface area contributed by atoms with E-state index in [0.717, 1.165) is 5.03 Å². The summed E-state index contributed by atoms with van der Waals surface area (Å²) in [6, 6.07) is 1.76. The molecule has 64 valence electrons. The van der Waals surface area contributed by atoms with Gasteiger partial charge in [0.25, 0.3) is 0 Å². The van der Waals surface area contributed by atoms with Crippen molar-refractivity contribution in [2.45, 2.75) is 5.03 Å². The summed E-state index contributed by atoms with van der Waals surface area (Å²) in [6.45, 7) is 0. The van der Waals surface area contributed by atoms with E-state index in [1.807, 2.05) is 6.26 Å². The minimum absolute atomic E-state index is 0.477. The molecule has 0 fully saturated rings. The van der Waals surface area contributed by atoms with Crippen LogP contribution >= 0.6 is 23.4 Å². The fraction of sp³-hybridized carbons (Fsp3) is 0.143. The van der Waals surface area contributed by atoms with E-state index in [1.54, 1.807) is 6.07 Å². The zero-order valence-electron chi connectivity index (χ0n) is 6.36. The third-order valence-corrected chi connectivity index (χ3v) is 2.22. The van der Waals surface area contributed by atoms with Crippen molar-refractivity contribution in [1.82, 2.24) is 4.98 Å². The van der Waals surface area contributed by atoms with Crippen molar-refractivity contribution in [2.24, 2.45) is 5.16 Å². The molecule has 0 bridgehead atoms. The monoisotopic (exact) mass is 202 g/mol. The molecule has 1 N–H and O–H groups in total. The first kappa shape index (κ1) is 9.35. The molecule has 0 saturated carbocycles. The van der Waals surface area contributed by atoms with Crippen LogP contribution in [0.15, 0.2) is 22.4 Å². The molecule has 1 aromatic rings. The second kappa shape index (κ2) is 4.33. The first-order valence-electron chi connectivity index (χ1n) is 3.15. The molecule has 3 nitrogen and oxygen atoms in total. The summed E-state index contributed by atoms with van der Waals surface area (Å²) in [5.74, 6) is 0. The second-order valence-corrected chi connectivity index (χ2v) is 3.23. The van der Waals surface area contributed by atoms with Crippen molar-refractivity contribution < 1.29 is 5.21 Å². The number of rotatable bonds is 2. The van der Waals surface area contributed by atoms with Crippen LogP contribution in [0.3, 0.4) is 0 Å². The normalized spacial score (nSPS) is 10.8. The number of pyridine rings is 1. The van der Waals surface area contributed by atoms with Gasteiger partial charge in [-0.05, 0) is 12.3 Å². The van der Waals surface area contributed by atoms with Crippen LogP contribution in [0.25, 0.3) is 0 Å². The molecule has 12 heavy (non-hydrogen) atoms. The van der Waals surface area contributed by atoms with Crippen LogP contribution in [0.1, 0.15) is 5.56 Å². The lowest BCUT2D eigenvalue weighted by molar-refractivity contribution is 0.322. The van der Waals surface area contributed by atoms with Gasteiger partial charge in [0.1, 0.15) is 0 Å². The van der Waals surface area contributed by atoms with Crippen LogP contribution < -0.4 is 0 Å². The number of oxime groups is 1. The lowest BCUT2D eigenvalue weighted by atomic mass is 10.3. The fourth-order valence-electron chi connectivity index (χ4n) is 0.707. The highest BCUT2D eigenvalue weighted by Gasteiger charge is 1.99. The van der Waals surface area contributed by atoms with Crippen molar-refractivity contribution in [3.63, 3.8) is 0 Å². The molecule has 1 rings (SSSR count). The Morgan fingerprint density at radius 1 is 1.75 bits per heavy atom. The van der Waals surface area contributed by atoms with Gasteiger partial charge in [-0.1, -0.05) is 16.8 Å². The molecule has 1 heterocycles. The van der Waals surface area contributed by atoms with E-state index < -0.39 is 0 Å². The maximum atomic E-state index is 8.29. The average molecular weight is 203 g/mol. The summed E-state index contributed by atoms with van der Waals surface area (Å²) in [5, 5.41) is 12.5. The second-order valence-electron chi connectivity index (χ2n) is 1.99. The Kier molecular flexibility index (Phi) is 3.37. The van der Waals surface area contributed by atoms with E-state index in [1.165, 1.54) is 24.2 Å². The minimum atomic E-state index is 0.477. The summed E-state index contributed by atoms with van der Waals surface area (Å²) in [7, 11) is 0. The van der Waals surface area contributed by atoms with Crippen LogP contribution in [-0.4, -0.2) is 22.7 Å². The van der Waals surface area contributed by atoms with E-state index in [2.05, 4.69) is 10.1 Å². The Bertz CT molecular complexity index is 303. The highest BCUT2D eigenvalue weighted by Crippen LogP contribution is 2.18. The van der Waals surface area contributed by atoms with Gasteiger partial charge in [0.15, 0.2) is 0 Å². The van der Waals surface area contributed by atoms with E-state index in [9.17, 15) is 0 Å². The predicted molar refractivity (Wildman–Crippen MR) is 50.4 cm³/mol. The standard InChI is InChI=1S/C7H7ClN2OS/c1-12-7-2-5(3-10-11)6(8)4-9-7/h2-4,11H,1H3. The minimum Gasteiger partial charge on any atom is -0.411 e. The first-order chi connectivity index (χ1) is 5.77. The molecule has 0 aliphatic heterocycles. The molecule has 0 saturated heterocycles. The molecular weight excluding hydrogens is 196 g/mol. The van der Waals surface area contributed by atoms with Crippen LogP contribution in [0.4, 0.5) is 0 Å². The highest BCUT2D eigenvalue weighted by atomic mass is 35.5. The number of thioether (sulfide) groups is 1. The Balaban J connectivity index is 3.08. The zero-order valence-corrected chi connectivity index (χ0v) is 7.93. The lowest BCUT2D eigenvalue weighted by Crippen LogP contribution is -1.87. The Hall–Kier alpha value is -0.740. The van der Waals surface area contributed by atoms with Crippen molar-refractivity contribution in [3.8, 4) is 0 Å². The van der Waals surface area contributed by atoms with E-state index in [4.69, 9.17) is 16.8 Å². The van der Waals surface area contributed by atoms with Gasteiger partial charge in [-0.25, -0.2) is 4.98 Å². The van der Waals surface area contributed by atoms with Gasteiger partial charge in [-0.3, -0.25) is 0 Å². The van der Waals surface area contributed by atoms with Gasteiger partial charge in [0.05, 0.1) is 16.3 Å². The number of nitrogens with zero attached hydrogens (tertiary/aromatic N) is 2. The molecule has 0 aliphatic carbocycles. The molecule has 0 atom stereocenters. The number of hydrogen-bond donors (Lipinski definition) is 1. The summed E-state index contributed by atoms with van der Waals surface area (Å²) < 4.78 is 0. The zero-order chi connectivity index (χ0) is 8.97. The van der Waals surface area contributed by atoms with Gasteiger partial charge in [-0.2, -0.15) is 0 Å². The Morgan fingerprint density at radius 2 is 2.50 bits per heavy atom. The van der Waals surface area contributed by atoms with Gasteiger partial charge < -0.3 is 5.21 Å². The number of halogens is 1. The number of aromatic nitrogens is 1. The van der Waals surface area contributed by atoms with Gasteiger partial charge in [-0.15, -0.1) is 11.8 Å². The van der Waals surface area contributed by atoms with Crippen molar-refractivity contribution in [3.05, 3.63) is 22.8 Å². The molecular formula is C7H7ClN2OS. The molecule has 0 aromatic carbocycles. The van der Waals surface area contributed by atoms with Crippen LogP contribution in [0.2, 0.25) is 5.02 Å². The Morgan fingerprint density at radius 3 is 3.08 bits per heavy atom. The van der Waals surface area contributed by atoms with E-state index >= 15 is 0 Å². The van der Waals surface area contributed by atoms with Crippen LogP contribution in [-0.2, 0) is 0 Å². The quantitative estimate of drug-likeness (QED) is 0.346. The van der Waals surface area contributed by atoms with Crippen LogP contribution in [0, 0.1) is 0 Å². The number of hydrogen-bond acceptors (Lipinski definition) is 4. The van der Waals surface area contributed by atoms with E-state index in [0.29, 0.717) is 10.6 Å². The van der Waals surface area contributed by atoms with Gasteiger partial charge in [0, 0.05) is 11.8 Å². The summed E-state index contributed by atoms with van der Waals surface area (Å²) >= 11 is 7.26. The maximum absolute atomic E-state index is 8.29. The molecule has 1 aromatic heterocycles. The summed E-state index contributed by atoms with van der Waals surface area (Å²) in [4.78, 5) is 4.03. The highest BCUT2D eigenvalue weighted by molar-refractivity contribution is 7.98. The SMILES string of the molecule is CSc1cc(C=NO)c(Cl)cn1. The van der Waals surface area contributed by atoms with Crippen LogP contribution in [0.5, 0.6) is 0 Å². The van der Waals surface area contributed by atoms with Crippen molar-refractivity contribution >= 4 is 29.6 Å². The van der Waals surface area contributed by atoms with E-state index in [-0.39, 0.29) is 0 Å². The Labute approximate surface area is 79.5 Å². The molecule has 0 aliphatic rings. The largest absolute Gasteiger partial charge is 0.411 e. The third-order valence-electron chi connectivity index (χ3n) is 1.27. The fourth-order valence-corrected chi connectivity index (χ4v) is 1.26. The molecule has 0 radical (unpaired) electrons. The third kappa shape index (κ3) is 2.12. The predicted octanol–water partition coefficient (Wildman–Crippen LogP) is 2.26.